The second kappa shape index (κ2) is 9.20. The monoisotopic (exact) mass is 377 g/mol. The Morgan fingerprint density at radius 2 is 1.83 bits per heavy atom. The second-order valence-electron chi connectivity index (χ2n) is 4.99. The van der Waals surface area contributed by atoms with Gasteiger partial charge < -0.3 is 14.8 Å². The Kier molecular flexibility index (Phi) is 6.94. The van der Waals surface area contributed by atoms with Crippen molar-refractivity contribution in [1.29, 1.82) is 0 Å². The number of unbranched alkanes of at least 4 members (excludes halogenated alkanes) is 1. The van der Waals surface area contributed by atoms with Crippen molar-refractivity contribution in [2.24, 2.45) is 0 Å². The molecule has 23 heavy (non-hydrogen) atoms. The fourth-order valence-electron chi connectivity index (χ4n) is 1.89. The van der Waals surface area contributed by atoms with Gasteiger partial charge in [-0.1, -0.05) is 41.4 Å². The van der Waals surface area contributed by atoms with E-state index in [0.29, 0.717) is 23.8 Å². The highest BCUT2D eigenvalue weighted by molar-refractivity contribution is 9.10. The zero-order chi connectivity index (χ0) is 16.5. The van der Waals surface area contributed by atoms with Gasteiger partial charge >= 0.3 is 0 Å². The first-order valence-corrected chi connectivity index (χ1v) is 8.38. The molecule has 2 aromatic rings. The van der Waals surface area contributed by atoms with Crippen molar-refractivity contribution in [3.63, 3.8) is 0 Å². The molecule has 1 amide bonds. The van der Waals surface area contributed by atoms with E-state index in [1.54, 1.807) is 12.1 Å². The number of ether oxygens (including phenoxy) is 2. The molecule has 2 rings (SSSR count). The molecular formula is C18H20BrNO3. The summed E-state index contributed by atoms with van der Waals surface area (Å²) in [6.07, 6.45) is 2.05. The maximum Gasteiger partial charge on any atom is 0.262 e. The number of para-hydroxylation sites is 2. The molecule has 0 spiro atoms. The van der Waals surface area contributed by atoms with Crippen molar-refractivity contribution >= 4 is 27.5 Å². The maximum atomic E-state index is 12.0. The molecule has 0 heterocycles. The number of nitrogens with one attached hydrogen (secondary N) is 1. The first-order valence-electron chi connectivity index (χ1n) is 7.59. The minimum Gasteiger partial charge on any atom is -0.491 e. The highest BCUT2D eigenvalue weighted by Crippen LogP contribution is 2.24. The molecule has 0 aromatic heterocycles. The number of benzene rings is 2. The van der Waals surface area contributed by atoms with Crippen molar-refractivity contribution < 1.29 is 14.3 Å². The molecular weight excluding hydrogens is 358 g/mol. The third-order valence-electron chi connectivity index (χ3n) is 3.10. The number of amides is 1. The molecule has 0 aliphatic rings. The Bertz CT molecular complexity index is 628. The van der Waals surface area contributed by atoms with Gasteiger partial charge in [-0.15, -0.1) is 0 Å². The largest absolute Gasteiger partial charge is 0.491 e. The fourth-order valence-corrected chi connectivity index (χ4v) is 2.15. The highest BCUT2D eigenvalue weighted by atomic mass is 79.9. The number of halogens is 1. The van der Waals surface area contributed by atoms with E-state index in [1.807, 2.05) is 36.4 Å². The summed E-state index contributed by atoms with van der Waals surface area (Å²) in [4.78, 5) is 12.0. The molecule has 1 N–H and O–H groups in total. The van der Waals surface area contributed by atoms with Gasteiger partial charge in [-0.3, -0.25) is 4.79 Å². The van der Waals surface area contributed by atoms with Crippen molar-refractivity contribution in [2.75, 3.05) is 18.5 Å². The fraction of sp³-hybridized carbons (Fsp3) is 0.278. The van der Waals surface area contributed by atoms with Crippen LogP contribution in [0.15, 0.2) is 53.0 Å². The van der Waals surface area contributed by atoms with E-state index >= 15 is 0 Å². The second-order valence-corrected chi connectivity index (χ2v) is 5.90. The Morgan fingerprint density at radius 1 is 1.09 bits per heavy atom. The number of carbonyl (C=O) groups is 1. The predicted octanol–water partition coefficient (Wildman–Crippen LogP) is 4.65. The van der Waals surface area contributed by atoms with E-state index in [9.17, 15) is 4.79 Å². The summed E-state index contributed by atoms with van der Waals surface area (Å²) >= 11 is 3.35. The summed E-state index contributed by atoms with van der Waals surface area (Å²) in [5, 5.41) is 2.82. The predicted molar refractivity (Wildman–Crippen MR) is 95.1 cm³/mol. The number of rotatable bonds is 8. The van der Waals surface area contributed by atoms with Crippen LogP contribution in [0.5, 0.6) is 11.5 Å². The van der Waals surface area contributed by atoms with Gasteiger partial charge in [-0.2, -0.15) is 0 Å². The van der Waals surface area contributed by atoms with Gasteiger partial charge in [0, 0.05) is 4.47 Å². The van der Waals surface area contributed by atoms with E-state index < -0.39 is 0 Å². The number of carbonyl (C=O) groups excluding carboxylic acids is 1. The molecule has 0 aliphatic carbocycles. The summed E-state index contributed by atoms with van der Waals surface area (Å²) in [6, 6.07) is 14.7. The van der Waals surface area contributed by atoms with Crippen LogP contribution < -0.4 is 14.8 Å². The van der Waals surface area contributed by atoms with E-state index in [4.69, 9.17) is 9.47 Å². The summed E-state index contributed by atoms with van der Waals surface area (Å²) in [7, 11) is 0. The standard InChI is InChI=1S/C18H20BrNO3/c1-2-3-12-22-17-7-5-4-6-16(17)20-18(21)13-23-15-10-8-14(19)9-11-15/h4-11H,2-3,12-13H2,1H3,(H,20,21). The molecule has 0 aliphatic heterocycles. The average molecular weight is 378 g/mol. The number of hydrogen-bond acceptors (Lipinski definition) is 3. The van der Waals surface area contributed by atoms with Gasteiger partial charge in [-0.05, 0) is 42.8 Å². The van der Waals surface area contributed by atoms with Crippen LogP contribution in [0.4, 0.5) is 5.69 Å². The van der Waals surface area contributed by atoms with Crippen LogP contribution >= 0.6 is 15.9 Å². The normalized spacial score (nSPS) is 10.2. The Labute approximate surface area is 144 Å². The van der Waals surface area contributed by atoms with Crippen molar-refractivity contribution in [3.8, 4) is 11.5 Å². The van der Waals surface area contributed by atoms with Gasteiger partial charge in [-0.25, -0.2) is 0 Å². The molecule has 0 saturated carbocycles. The summed E-state index contributed by atoms with van der Waals surface area (Å²) < 4.78 is 12.1. The van der Waals surface area contributed by atoms with Crippen LogP contribution in [0.1, 0.15) is 19.8 Å². The first kappa shape index (κ1) is 17.3. The molecule has 5 heteroatoms. The van der Waals surface area contributed by atoms with Gasteiger partial charge in [0.25, 0.3) is 5.91 Å². The van der Waals surface area contributed by atoms with Crippen molar-refractivity contribution in [3.05, 3.63) is 53.0 Å². The van der Waals surface area contributed by atoms with Crippen LogP contribution in [-0.4, -0.2) is 19.1 Å². The lowest BCUT2D eigenvalue weighted by Gasteiger charge is -2.12. The highest BCUT2D eigenvalue weighted by Gasteiger charge is 2.08. The lowest BCUT2D eigenvalue weighted by molar-refractivity contribution is -0.118. The van der Waals surface area contributed by atoms with Crippen LogP contribution in [0.25, 0.3) is 0 Å². The quantitative estimate of drug-likeness (QED) is 0.681. The maximum absolute atomic E-state index is 12.0. The lowest BCUT2D eigenvalue weighted by atomic mass is 10.3. The smallest absolute Gasteiger partial charge is 0.262 e. The lowest BCUT2D eigenvalue weighted by Crippen LogP contribution is -2.20. The molecule has 0 atom stereocenters. The Hall–Kier alpha value is -2.01. The molecule has 4 nitrogen and oxygen atoms in total. The molecule has 2 aromatic carbocycles. The van der Waals surface area contributed by atoms with E-state index in [-0.39, 0.29) is 12.5 Å². The zero-order valence-electron chi connectivity index (χ0n) is 13.0. The molecule has 0 radical (unpaired) electrons. The third kappa shape index (κ3) is 5.94. The molecule has 0 saturated heterocycles. The summed E-state index contributed by atoms with van der Waals surface area (Å²) in [5.41, 5.74) is 0.660. The SMILES string of the molecule is CCCCOc1ccccc1NC(=O)COc1ccc(Br)cc1. The van der Waals surface area contributed by atoms with Crippen LogP contribution in [0.2, 0.25) is 0 Å². The first-order chi connectivity index (χ1) is 11.2. The molecule has 0 bridgehead atoms. The van der Waals surface area contributed by atoms with E-state index in [1.165, 1.54) is 0 Å². The van der Waals surface area contributed by atoms with Crippen molar-refractivity contribution in [2.45, 2.75) is 19.8 Å². The van der Waals surface area contributed by atoms with Gasteiger partial charge in [0.15, 0.2) is 6.61 Å². The number of hydrogen-bond donors (Lipinski definition) is 1. The minimum atomic E-state index is -0.223. The van der Waals surface area contributed by atoms with Crippen molar-refractivity contribution in [1.82, 2.24) is 0 Å². The number of anilines is 1. The van der Waals surface area contributed by atoms with Gasteiger partial charge in [0.05, 0.1) is 12.3 Å². The van der Waals surface area contributed by atoms with Crippen LogP contribution in [-0.2, 0) is 4.79 Å². The van der Waals surface area contributed by atoms with Crippen LogP contribution in [0.3, 0.4) is 0 Å². The van der Waals surface area contributed by atoms with E-state index in [0.717, 1.165) is 17.3 Å². The average Bonchev–Trinajstić information content (AvgIpc) is 2.56. The molecule has 0 unspecified atom stereocenters. The Morgan fingerprint density at radius 3 is 2.57 bits per heavy atom. The van der Waals surface area contributed by atoms with Crippen LogP contribution in [0, 0.1) is 0 Å². The third-order valence-corrected chi connectivity index (χ3v) is 3.63. The van der Waals surface area contributed by atoms with E-state index in [2.05, 4.69) is 28.2 Å². The van der Waals surface area contributed by atoms with Gasteiger partial charge in [0.1, 0.15) is 11.5 Å². The molecule has 122 valence electrons. The summed E-state index contributed by atoms with van der Waals surface area (Å²) in [5.74, 6) is 1.10. The Balaban J connectivity index is 1.88. The van der Waals surface area contributed by atoms with Gasteiger partial charge in [0.2, 0.25) is 0 Å². The topological polar surface area (TPSA) is 47.6 Å². The molecule has 0 fully saturated rings. The zero-order valence-corrected chi connectivity index (χ0v) is 14.6. The minimum absolute atomic E-state index is 0.0507. The summed E-state index contributed by atoms with van der Waals surface area (Å²) in [6.45, 7) is 2.69.